The molecule has 2 aromatic carbocycles. The van der Waals surface area contributed by atoms with Crippen molar-refractivity contribution in [2.75, 3.05) is 0 Å². The Kier molecular flexibility index (Phi) is 10.4. The summed E-state index contributed by atoms with van der Waals surface area (Å²) in [5, 5.41) is 103. The van der Waals surface area contributed by atoms with Crippen LogP contribution in [0.15, 0.2) is 51.8 Å². The van der Waals surface area contributed by atoms with Gasteiger partial charge in [0.05, 0.1) is 0 Å². The fourth-order valence-corrected chi connectivity index (χ4v) is 6.01. The minimum absolute atomic E-state index is 0.0389. The van der Waals surface area contributed by atoms with Gasteiger partial charge in [-0.1, -0.05) is 6.92 Å². The molecule has 2 saturated heterocycles. The number of carboxylic acids is 1. The highest BCUT2D eigenvalue weighted by Crippen LogP contribution is 2.40. The Labute approximate surface area is 297 Å². The first-order valence-electron chi connectivity index (χ1n) is 16.1. The number of aliphatic hydroxyl groups excluding tert-OH is 6. The van der Waals surface area contributed by atoms with Gasteiger partial charge < -0.3 is 79.4 Å². The second-order valence-electron chi connectivity index (χ2n) is 12.5. The maximum absolute atomic E-state index is 13.4. The molecule has 6 rings (SSSR count). The molecular formula is C34H35NO18. The van der Waals surface area contributed by atoms with Crippen LogP contribution in [0.25, 0.3) is 22.3 Å². The van der Waals surface area contributed by atoms with E-state index in [0.717, 1.165) is 30.0 Å². The molecule has 0 amide bonds. The van der Waals surface area contributed by atoms with E-state index < -0.39 is 96.0 Å². The largest absolute Gasteiger partial charge is 0.507 e. The van der Waals surface area contributed by atoms with Crippen molar-refractivity contribution < 1.29 is 84.0 Å². The highest BCUT2D eigenvalue weighted by Gasteiger charge is 2.52. The number of aliphatic hydroxyl groups is 6. The maximum Gasteiger partial charge on any atom is 0.340 e. The molecule has 0 bridgehead atoms. The highest BCUT2D eigenvalue weighted by atomic mass is 16.7. The van der Waals surface area contributed by atoms with E-state index in [0.29, 0.717) is 12.0 Å². The molecular weight excluding hydrogens is 710 g/mol. The number of aromatic hydroxyl groups is 3. The van der Waals surface area contributed by atoms with Crippen molar-refractivity contribution >= 4 is 22.9 Å². The van der Waals surface area contributed by atoms with Crippen LogP contribution in [-0.2, 0) is 36.6 Å². The zero-order valence-electron chi connectivity index (χ0n) is 27.5. The van der Waals surface area contributed by atoms with Crippen molar-refractivity contribution in [3.63, 3.8) is 0 Å². The molecule has 53 heavy (non-hydrogen) atoms. The van der Waals surface area contributed by atoms with E-state index in [1.54, 1.807) is 12.3 Å². The van der Waals surface area contributed by atoms with Gasteiger partial charge in [0.15, 0.2) is 29.1 Å². The number of carbonyl (C=O) groups excluding carboxylic acids is 1. The number of hydrogen-bond acceptors (Lipinski definition) is 17. The molecule has 2 aliphatic heterocycles. The van der Waals surface area contributed by atoms with E-state index in [1.165, 1.54) is 6.07 Å². The highest BCUT2D eigenvalue weighted by molar-refractivity contribution is 5.88. The van der Waals surface area contributed by atoms with Crippen LogP contribution in [0.4, 0.5) is 0 Å². The van der Waals surface area contributed by atoms with Gasteiger partial charge in [0.2, 0.25) is 12.6 Å². The summed E-state index contributed by atoms with van der Waals surface area (Å²) < 4.78 is 27.2. The first-order valence-corrected chi connectivity index (χ1v) is 16.1. The lowest BCUT2D eigenvalue weighted by Crippen LogP contribution is -2.63. The Bertz CT molecular complexity index is 2080. The summed E-state index contributed by atoms with van der Waals surface area (Å²) in [5.74, 6) is -5.30. The standard InChI is InChI=1S/C34H35NO18/c1-2-13-5-11(10-35-13)6-14-19(9-20-21(22(14)39)17(38)8-18(49-20)12-3-4-15(36)16(37)7-12)50-33-27(44)24(41)26(43)30(52-33)32(48)53-34-28(45)23(40)25(42)29(51-34)31(46)47/h3-5,7-10,23-30,33-37,39-45H,2,6H2,1H3,(H,46,47)/t23-,24-,25-,26-,27+,28+,29-,30-,33-,34+/m0/s1. The van der Waals surface area contributed by atoms with Crippen LogP contribution >= 0.6 is 0 Å². The summed E-state index contributed by atoms with van der Waals surface area (Å²) in [6.45, 7) is 1.90. The van der Waals surface area contributed by atoms with Crippen LogP contribution in [0.2, 0.25) is 0 Å². The van der Waals surface area contributed by atoms with Gasteiger partial charge in [-0.3, -0.25) is 4.79 Å². The SMILES string of the molecule is CCc1cc(Cc2c(O[C@H]3O[C@H](C(=O)O[C@H]4O[C@H](C(=O)O)[C@@H](O)[C@H](O)[C@H]4O)[C@@H](O)[C@H](O)[C@H]3O)cc3oc(-c4ccc(O)c(O)c4)cc(=O)c3c2O)c[nH]1. The second-order valence-corrected chi connectivity index (χ2v) is 12.5. The number of fused-ring (bicyclic) bond motifs is 1. The third-order valence-electron chi connectivity index (χ3n) is 8.97. The molecule has 2 aliphatic rings. The molecule has 19 heteroatoms. The number of aromatic nitrogens is 1. The van der Waals surface area contributed by atoms with E-state index in [1.807, 2.05) is 6.92 Å². The molecule has 19 nitrogen and oxygen atoms in total. The normalized spacial score (nSPS) is 28.8. The lowest BCUT2D eigenvalue weighted by molar-refractivity contribution is -0.302. The number of H-pyrrole nitrogens is 1. The number of esters is 1. The summed E-state index contributed by atoms with van der Waals surface area (Å²) in [7, 11) is 0. The van der Waals surface area contributed by atoms with Gasteiger partial charge >= 0.3 is 11.9 Å². The molecule has 10 atom stereocenters. The minimum Gasteiger partial charge on any atom is -0.507 e. The molecule has 0 aliphatic carbocycles. The molecule has 0 radical (unpaired) electrons. The number of aryl methyl sites for hydroxylation is 1. The van der Waals surface area contributed by atoms with E-state index in [9.17, 15) is 65.4 Å². The number of phenolic OH excluding ortho intramolecular Hbond substituents is 3. The minimum atomic E-state index is -2.21. The third-order valence-corrected chi connectivity index (χ3v) is 8.97. The van der Waals surface area contributed by atoms with Crippen LogP contribution in [-0.4, -0.2) is 129 Å². The van der Waals surface area contributed by atoms with Crippen molar-refractivity contribution in [2.45, 2.75) is 81.2 Å². The van der Waals surface area contributed by atoms with E-state index in [4.69, 9.17) is 23.4 Å². The van der Waals surface area contributed by atoms with Gasteiger partial charge in [0, 0.05) is 41.6 Å². The molecule has 0 unspecified atom stereocenters. The third kappa shape index (κ3) is 7.11. The number of aromatic amines is 1. The molecule has 0 saturated carbocycles. The lowest BCUT2D eigenvalue weighted by Gasteiger charge is -2.41. The molecule has 11 N–H and O–H groups in total. The molecule has 284 valence electrons. The van der Waals surface area contributed by atoms with Crippen molar-refractivity contribution in [2.24, 2.45) is 0 Å². The Hall–Kier alpha value is -5.25. The summed E-state index contributed by atoms with van der Waals surface area (Å²) in [4.78, 5) is 41.1. The van der Waals surface area contributed by atoms with Crippen molar-refractivity contribution in [3.05, 3.63) is 69.6 Å². The summed E-state index contributed by atoms with van der Waals surface area (Å²) >= 11 is 0. The molecule has 2 aromatic heterocycles. The predicted octanol–water partition coefficient (Wildman–Crippen LogP) is -1.32. The average molecular weight is 746 g/mol. The van der Waals surface area contributed by atoms with Crippen LogP contribution in [0.3, 0.4) is 0 Å². The maximum atomic E-state index is 13.4. The number of carboxylic acid groups (broad SMARTS) is 1. The van der Waals surface area contributed by atoms with Gasteiger partial charge in [-0.25, -0.2) is 9.59 Å². The number of rotatable bonds is 9. The fraction of sp³-hybridized carbons (Fsp3) is 0.382. The summed E-state index contributed by atoms with van der Waals surface area (Å²) in [6, 6.07) is 7.63. The summed E-state index contributed by atoms with van der Waals surface area (Å²) in [6.07, 6.45) is -19.3. The summed E-state index contributed by atoms with van der Waals surface area (Å²) in [5.41, 5.74) is 0.589. The monoisotopic (exact) mass is 745 g/mol. The van der Waals surface area contributed by atoms with E-state index in [-0.39, 0.29) is 40.0 Å². The van der Waals surface area contributed by atoms with E-state index in [2.05, 4.69) is 4.98 Å². The predicted molar refractivity (Wildman–Crippen MR) is 174 cm³/mol. The number of ether oxygens (including phenoxy) is 4. The number of phenols is 3. The fourth-order valence-electron chi connectivity index (χ4n) is 6.01. The Morgan fingerprint density at radius 1 is 0.811 bits per heavy atom. The molecule has 4 heterocycles. The van der Waals surface area contributed by atoms with Crippen LogP contribution in [0.1, 0.15) is 23.7 Å². The van der Waals surface area contributed by atoms with Crippen molar-refractivity contribution in [1.29, 1.82) is 0 Å². The van der Waals surface area contributed by atoms with Gasteiger partial charge in [0.1, 0.15) is 64.9 Å². The first-order chi connectivity index (χ1) is 25.1. The van der Waals surface area contributed by atoms with Crippen LogP contribution in [0.5, 0.6) is 23.0 Å². The van der Waals surface area contributed by atoms with Gasteiger partial charge in [-0.2, -0.15) is 0 Å². The number of carbonyl (C=O) groups is 2. The Morgan fingerprint density at radius 3 is 2.11 bits per heavy atom. The van der Waals surface area contributed by atoms with Crippen LogP contribution in [0, 0.1) is 0 Å². The zero-order chi connectivity index (χ0) is 38.5. The van der Waals surface area contributed by atoms with Crippen molar-refractivity contribution in [1.82, 2.24) is 4.98 Å². The molecule has 0 spiro atoms. The Balaban J connectivity index is 1.36. The molecule has 2 fully saturated rings. The smallest absolute Gasteiger partial charge is 0.340 e. The second kappa shape index (κ2) is 14.6. The lowest BCUT2D eigenvalue weighted by atomic mass is 9.97. The quantitative estimate of drug-likeness (QED) is 0.0699. The first kappa shape index (κ1) is 37.5. The van der Waals surface area contributed by atoms with E-state index >= 15 is 0 Å². The number of benzene rings is 2. The number of hydrogen-bond donors (Lipinski definition) is 11. The Morgan fingerprint density at radius 2 is 1.47 bits per heavy atom. The molecule has 4 aromatic rings. The van der Waals surface area contributed by atoms with Crippen LogP contribution < -0.4 is 10.2 Å². The van der Waals surface area contributed by atoms with Gasteiger partial charge in [0.25, 0.3) is 0 Å². The van der Waals surface area contributed by atoms with Crippen molar-refractivity contribution in [3.8, 4) is 34.3 Å². The number of aliphatic carboxylic acids is 1. The number of nitrogens with one attached hydrogen (secondary N) is 1. The van der Waals surface area contributed by atoms with Gasteiger partial charge in [-0.15, -0.1) is 0 Å². The topological polar surface area (TPSA) is 319 Å². The van der Waals surface area contributed by atoms with Gasteiger partial charge in [-0.05, 0) is 36.2 Å². The zero-order valence-corrected chi connectivity index (χ0v) is 27.5. The average Bonchev–Trinajstić information content (AvgIpc) is 3.58.